The zero-order valence-electron chi connectivity index (χ0n) is 21.0. The van der Waals surface area contributed by atoms with Crippen molar-refractivity contribution in [2.75, 3.05) is 13.1 Å². The van der Waals surface area contributed by atoms with Gasteiger partial charge in [-0.1, -0.05) is 32.7 Å². The molecule has 2 rings (SSSR count). The van der Waals surface area contributed by atoms with Crippen LogP contribution in [-0.2, 0) is 10.2 Å². The van der Waals surface area contributed by atoms with Gasteiger partial charge in [-0.2, -0.15) is 0 Å². The van der Waals surface area contributed by atoms with Gasteiger partial charge in [0.15, 0.2) is 0 Å². The molecule has 1 fully saturated rings. The van der Waals surface area contributed by atoms with E-state index in [0.717, 1.165) is 38.0 Å². The lowest BCUT2D eigenvalue weighted by molar-refractivity contribution is 0.0287. The summed E-state index contributed by atoms with van der Waals surface area (Å²) in [5.41, 5.74) is 2.06. The monoisotopic (exact) mass is 449 g/mol. The Labute approximate surface area is 194 Å². The molecule has 176 valence electrons. The maximum absolute atomic E-state index is 12.4. The Morgan fingerprint density at radius 2 is 1.90 bits per heavy atom. The first-order valence-electron chi connectivity index (χ1n) is 11.5. The van der Waals surface area contributed by atoms with E-state index in [0.29, 0.717) is 5.92 Å². The molecule has 2 unspecified atom stereocenters. The zero-order chi connectivity index (χ0) is 23.4. The smallest absolute Gasteiger partial charge is 0.410 e. The summed E-state index contributed by atoms with van der Waals surface area (Å²) in [5.74, 6) is 0.502. The van der Waals surface area contributed by atoms with Gasteiger partial charge in [-0.3, -0.25) is 9.71 Å². The summed E-state index contributed by atoms with van der Waals surface area (Å²) in [4.78, 5) is 19.0. The maximum Gasteiger partial charge on any atom is 0.410 e. The summed E-state index contributed by atoms with van der Waals surface area (Å²) in [6.45, 7) is 20.7. The molecule has 0 aliphatic carbocycles. The lowest BCUT2D eigenvalue weighted by Gasteiger charge is -2.27. The van der Waals surface area contributed by atoms with Crippen molar-refractivity contribution in [2.45, 2.75) is 103 Å². The number of pyridine rings is 1. The van der Waals surface area contributed by atoms with E-state index in [9.17, 15) is 4.79 Å². The van der Waals surface area contributed by atoms with Crippen LogP contribution in [0.4, 0.5) is 4.79 Å². The van der Waals surface area contributed by atoms with Gasteiger partial charge in [0.1, 0.15) is 5.60 Å². The lowest BCUT2D eigenvalue weighted by atomic mass is 9.86. The van der Waals surface area contributed by atoms with Crippen molar-refractivity contribution in [1.82, 2.24) is 14.6 Å². The third-order valence-corrected chi connectivity index (χ3v) is 6.33. The van der Waals surface area contributed by atoms with Crippen molar-refractivity contribution in [2.24, 2.45) is 5.92 Å². The molecule has 0 spiro atoms. The second-order valence-electron chi connectivity index (χ2n) is 11.8. The minimum atomic E-state index is -0.446. The lowest BCUT2D eigenvalue weighted by Crippen LogP contribution is -2.35. The van der Waals surface area contributed by atoms with Crippen molar-refractivity contribution in [1.29, 1.82) is 0 Å². The molecule has 5 nitrogen and oxygen atoms in total. The second-order valence-corrected chi connectivity index (χ2v) is 13.4. The summed E-state index contributed by atoms with van der Waals surface area (Å²) < 4.78 is 9.37. The average molecular weight is 450 g/mol. The van der Waals surface area contributed by atoms with Gasteiger partial charge in [0.05, 0.1) is 11.7 Å². The molecular formula is C25H43N3O2S. The molecule has 2 heterocycles. The van der Waals surface area contributed by atoms with E-state index in [4.69, 9.17) is 9.72 Å². The molecule has 0 bridgehead atoms. The van der Waals surface area contributed by atoms with E-state index in [1.54, 1.807) is 11.9 Å². The number of aromatic nitrogens is 1. The SMILES string of the molecule is CC(C)(C)OC(=O)N1CCC(CCC(NSC(C)(C)C)c2cc(C(C)(C)C)ccn2)C1. The van der Waals surface area contributed by atoms with Crippen LogP contribution in [0, 0.1) is 5.92 Å². The van der Waals surface area contributed by atoms with Crippen LogP contribution in [0.25, 0.3) is 0 Å². The number of carbonyl (C=O) groups excluding carboxylic acids is 1. The van der Waals surface area contributed by atoms with E-state index in [1.165, 1.54) is 5.56 Å². The van der Waals surface area contributed by atoms with Gasteiger partial charge in [0.25, 0.3) is 0 Å². The molecule has 1 aromatic heterocycles. The first-order chi connectivity index (χ1) is 14.1. The number of amides is 1. The van der Waals surface area contributed by atoms with Crippen molar-refractivity contribution in [3.05, 3.63) is 29.6 Å². The van der Waals surface area contributed by atoms with E-state index in [-0.39, 0.29) is 22.3 Å². The summed E-state index contributed by atoms with van der Waals surface area (Å²) in [7, 11) is 0. The molecule has 2 atom stereocenters. The molecule has 1 N–H and O–H groups in total. The quantitative estimate of drug-likeness (QED) is 0.503. The minimum absolute atomic E-state index is 0.0960. The Morgan fingerprint density at radius 1 is 1.23 bits per heavy atom. The molecule has 0 aromatic carbocycles. The van der Waals surface area contributed by atoms with Crippen LogP contribution in [0.5, 0.6) is 0 Å². The molecule has 0 radical (unpaired) electrons. The predicted molar refractivity (Wildman–Crippen MR) is 131 cm³/mol. The summed E-state index contributed by atoms with van der Waals surface area (Å²) in [6, 6.07) is 4.55. The van der Waals surface area contributed by atoms with Crippen molar-refractivity contribution in [3.63, 3.8) is 0 Å². The number of ether oxygens (including phenoxy) is 1. The fraction of sp³-hybridized carbons (Fsp3) is 0.760. The van der Waals surface area contributed by atoms with E-state index < -0.39 is 5.60 Å². The number of nitrogens with zero attached hydrogens (tertiary/aromatic N) is 2. The maximum atomic E-state index is 12.4. The molecular weight excluding hydrogens is 406 g/mol. The van der Waals surface area contributed by atoms with Crippen LogP contribution in [0.15, 0.2) is 18.3 Å². The number of hydrogen-bond donors (Lipinski definition) is 1. The minimum Gasteiger partial charge on any atom is -0.444 e. The van der Waals surface area contributed by atoms with Crippen molar-refractivity contribution >= 4 is 18.0 Å². The van der Waals surface area contributed by atoms with Crippen LogP contribution in [0.2, 0.25) is 0 Å². The van der Waals surface area contributed by atoms with Gasteiger partial charge in [0, 0.05) is 24.0 Å². The van der Waals surface area contributed by atoms with Gasteiger partial charge in [-0.25, -0.2) is 4.79 Å². The second kappa shape index (κ2) is 10.1. The molecule has 1 aliphatic heterocycles. The molecule has 1 aromatic rings. The summed E-state index contributed by atoms with van der Waals surface area (Å²) >= 11 is 1.77. The number of hydrogen-bond acceptors (Lipinski definition) is 5. The Bertz CT molecular complexity index is 732. The fourth-order valence-electron chi connectivity index (χ4n) is 3.58. The summed E-state index contributed by atoms with van der Waals surface area (Å²) in [6.07, 6.45) is 4.84. The van der Waals surface area contributed by atoms with Crippen LogP contribution in [-0.4, -0.2) is 39.4 Å². The van der Waals surface area contributed by atoms with E-state index >= 15 is 0 Å². The average Bonchev–Trinajstić information content (AvgIpc) is 3.08. The summed E-state index contributed by atoms with van der Waals surface area (Å²) in [5, 5.41) is 0. The van der Waals surface area contributed by atoms with E-state index in [1.807, 2.05) is 31.9 Å². The molecule has 31 heavy (non-hydrogen) atoms. The standard InChI is InChI=1S/C25H43N3O2S/c1-23(2,3)19-12-14-26-21(16-19)20(27-31-25(7,8)9)11-10-18-13-15-28(17-18)22(29)30-24(4,5)6/h12,14,16,18,20,27H,10-11,13,15,17H2,1-9H3. The molecule has 1 saturated heterocycles. The van der Waals surface area contributed by atoms with Crippen LogP contribution >= 0.6 is 11.9 Å². The highest BCUT2D eigenvalue weighted by molar-refractivity contribution is 7.98. The number of likely N-dealkylation sites (tertiary alicyclic amines) is 1. The highest BCUT2D eigenvalue weighted by Crippen LogP contribution is 2.32. The first kappa shape index (κ1) is 26.0. The van der Waals surface area contributed by atoms with Crippen molar-refractivity contribution in [3.8, 4) is 0 Å². The normalized spacial score (nSPS) is 18.9. The van der Waals surface area contributed by atoms with Crippen LogP contribution in [0.1, 0.15) is 98.9 Å². The number of rotatable bonds is 6. The Balaban J connectivity index is 2.03. The molecule has 6 heteroatoms. The predicted octanol–water partition coefficient (Wildman–Crippen LogP) is 6.49. The highest BCUT2D eigenvalue weighted by Gasteiger charge is 2.30. The van der Waals surface area contributed by atoms with Gasteiger partial charge < -0.3 is 9.64 Å². The Kier molecular flexibility index (Phi) is 8.48. The Hall–Kier alpha value is -1.27. The van der Waals surface area contributed by atoms with Gasteiger partial charge in [-0.15, -0.1) is 0 Å². The third-order valence-electron chi connectivity index (χ3n) is 5.31. The first-order valence-corrected chi connectivity index (χ1v) is 12.3. The van der Waals surface area contributed by atoms with Gasteiger partial charge in [-0.05, 0) is 89.8 Å². The van der Waals surface area contributed by atoms with Gasteiger partial charge in [0.2, 0.25) is 0 Å². The molecule has 1 amide bonds. The zero-order valence-corrected chi connectivity index (χ0v) is 21.9. The topological polar surface area (TPSA) is 54.5 Å². The van der Waals surface area contributed by atoms with E-state index in [2.05, 4.69) is 58.4 Å². The highest BCUT2D eigenvalue weighted by atomic mass is 32.2. The molecule has 0 saturated carbocycles. The largest absolute Gasteiger partial charge is 0.444 e. The fourth-order valence-corrected chi connectivity index (χ4v) is 4.32. The molecule has 1 aliphatic rings. The third kappa shape index (κ3) is 9.01. The van der Waals surface area contributed by atoms with Crippen LogP contribution < -0.4 is 4.72 Å². The van der Waals surface area contributed by atoms with Gasteiger partial charge >= 0.3 is 6.09 Å². The Morgan fingerprint density at radius 3 is 2.48 bits per heavy atom. The van der Waals surface area contributed by atoms with Crippen LogP contribution in [0.3, 0.4) is 0 Å². The number of nitrogens with one attached hydrogen (secondary N) is 1. The number of carbonyl (C=O) groups is 1. The van der Waals surface area contributed by atoms with Crippen molar-refractivity contribution < 1.29 is 9.53 Å².